The molecule has 27 heavy (non-hydrogen) atoms. The van der Waals surface area contributed by atoms with Crippen LogP contribution < -0.4 is 5.56 Å². The molecule has 0 spiro atoms. The van der Waals surface area contributed by atoms with Crippen molar-refractivity contribution in [2.75, 3.05) is 13.7 Å². The fourth-order valence-corrected chi connectivity index (χ4v) is 4.24. The molecular formula is C22H20N2O2S. The lowest BCUT2D eigenvalue weighted by Crippen LogP contribution is -2.25. The van der Waals surface area contributed by atoms with Crippen LogP contribution in [0.25, 0.3) is 32.5 Å². The van der Waals surface area contributed by atoms with Crippen molar-refractivity contribution in [1.29, 1.82) is 0 Å². The van der Waals surface area contributed by atoms with Crippen molar-refractivity contribution in [2.24, 2.45) is 0 Å². The number of ether oxygens (including phenoxy) is 1. The second-order valence-corrected chi connectivity index (χ2v) is 7.24. The molecule has 0 radical (unpaired) electrons. The van der Waals surface area contributed by atoms with Crippen LogP contribution in [0.4, 0.5) is 0 Å². The molecule has 4 rings (SSSR count). The van der Waals surface area contributed by atoms with E-state index in [0.717, 1.165) is 27.3 Å². The monoisotopic (exact) mass is 376 g/mol. The summed E-state index contributed by atoms with van der Waals surface area (Å²) in [4.78, 5) is 18.5. The van der Waals surface area contributed by atoms with Crippen LogP contribution in [0.2, 0.25) is 0 Å². The van der Waals surface area contributed by atoms with E-state index in [1.54, 1.807) is 11.7 Å². The fourth-order valence-electron chi connectivity index (χ4n) is 3.26. The van der Waals surface area contributed by atoms with Crippen molar-refractivity contribution in [3.63, 3.8) is 0 Å². The first-order chi connectivity index (χ1) is 13.2. The first-order valence-corrected chi connectivity index (χ1v) is 9.70. The standard InChI is InChI=1S/C22H20N2O2S/c1-15-23-21-20(22(25)24(15)12-13-26-2)19(14-27-21)18-10-8-17(9-11-18)16-6-4-3-5-7-16/h3-11,14H,12-13H2,1-2H3. The fraction of sp³-hybridized carbons (Fsp3) is 0.182. The Kier molecular flexibility index (Phi) is 4.88. The number of nitrogens with zero attached hydrogens (tertiary/aromatic N) is 2. The van der Waals surface area contributed by atoms with E-state index in [9.17, 15) is 4.79 Å². The molecule has 0 aliphatic rings. The van der Waals surface area contributed by atoms with Crippen LogP contribution in [0.15, 0.2) is 64.8 Å². The van der Waals surface area contributed by atoms with Gasteiger partial charge in [0.25, 0.3) is 5.56 Å². The highest BCUT2D eigenvalue weighted by molar-refractivity contribution is 7.17. The summed E-state index contributed by atoms with van der Waals surface area (Å²) in [5.41, 5.74) is 4.31. The Morgan fingerprint density at radius 3 is 2.37 bits per heavy atom. The van der Waals surface area contributed by atoms with Gasteiger partial charge in [-0.2, -0.15) is 0 Å². The maximum absolute atomic E-state index is 13.1. The van der Waals surface area contributed by atoms with Gasteiger partial charge >= 0.3 is 0 Å². The van der Waals surface area contributed by atoms with Gasteiger partial charge in [-0.25, -0.2) is 4.98 Å². The third-order valence-electron chi connectivity index (χ3n) is 4.71. The Labute approximate surface area is 161 Å². The molecule has 0 bridgehead atoms. The molecule has 0 saturated heterocycles. The molecular weight excluding hydrogens is 356 g/mol. The summed E-state index contributed by atoms with van der Waals surface area (Å²) in [6.07, 6.45) is 0. The molecule has 4 nitrogen and oxygen atoms in total. The number of benzene rings is 2. The predicted octanol–water partition coefficient (Wildman–Crippen LogP) is 4.75. The summed E-state index contributed by atoms with van der Waals surface area (Å²) in [7, 11) is 1.64. The molecule has 0 atom stereocenters. The van der Waals surface area contributed by atoms with E-state index in [2.05, 4.69) is 41.4 Å². The summed E-state index contributed by atoms with van der Waals surface area (Å²) in [5.74, 6) is 0.720. The normalized spacial score (nSPS) is 11.2. The van der Waals surface area contributed by atoms with E-state index in [0.29, 0.717) is 18.5 Å². The quantitative estimate of drug-likeness (QED) is 0.505. The minimum Gasteiger partial charge on any atom is -0.383 e. The lowest BCUT2D eigenvalue weighted by Gasteiger charge is -2.09. The van der Waals surface area contributed by atoms with Crippen molar-refractivity contribution < 1.29 is 4.74 Å². The zero-order valence-electron chi connectivity index (χ0n) is 15.3. The number of fused-ring (bicyclic) bond motifs is 1. The van der Waals surface area contributed by atoms with Gasteiger partial charge in [0.2, 0.25) is 0 Å². The number of aryl methyl sites for hydroxylation is 1. The van der Waals surface area contributed by atoms with Gasteiger partial charge in [0.15, 0.2) is 0 Å². The van der Waals surface area contributed by atoms with Crippen molar-refractivity contribution in [3.8, 4) is 22.3 Å². The predicted molar refractivity (Wildman–Crippen MR) is 111 cm³/mol. The summed E-state index contributed by atoms with van der Waals surface area (Å²) >= 11 is 1.51. The SMILES string of the molecule is COCCn1c(C)nc2scc(-c3ccc(-c4ccccc4)cc3)c2c1=O. The average molecular weight is 376 g/mol. The molecule has 0 unspecified atom stereocenters. The molecule has 5 heteroatoms. The number of rotatable bonds is 5. The first kappa shape index (κ1) is 17.6. The Hall–Kier alpha value is -2.76. The zero-order valence-corrected chi connectivity index (χ0v) is 16.1. The number of hydrogen-bond acceptors (Lipinski definition) is 4. The highest BCUT2D eigenvalue weighted by Crippen LogP contribution is 2.32. The maximum Gasteiger partial charge on any atom is 0.262 e. The van der Waals surface area contributed by atoms with Gasteiger partial charge in [0.05, 0.1) is 18.5 Å². The van der Waals surface area contributed by atoms with Gasteiger partial charge in [0.1, 0.15) is 10.7 Å². The Morgan fingerprint density at radius 2 is 1.67 bits per heavy atom. The van der Waals surface area contributed by atoms with E-state index in [4.69, 9.17) is 4.74 Å². The Balaban J connectivity index is 1.79. The van der Waals surface area contributed by atoms with Gasteiger partial charge in [-0.3, -0.25) is 9.36 Å². The van der Waals surface area contributed by atoms with Gasteiger partial charge in [-0.1, -0.05) is 54.6 Å². The van der Waals surface area contributed by atoms with E-state index in [1.165, 1.54) is 16.9 Å². The highest BCUT2D eigenvalue weighted by atomic mass is 32.1. The van der Waals surface area contributed by atoms with Crippen molar-refractivity contribution in [1.82, 2.24) is 9.55 Å². The second-order valence-electron chi connectivity index (χ2n) is 6.38. The number of hydrogen-bond donors (Lipinski definition) is 0. The minimum absolute atomic E-state index is 0.00191. The summed E-state index contributed by atoms with van der Waals surface area (Å²) < 4.78 is 6.83. The third kappa shape index (κ3) is 3.31. The van der Waals surface area contributed by atoms with Crippen LogP contribution in [0.1, 0.15) is 5.82 Å². The van der Waals surface area contributed by atoms with Gasteiger partial charge in [-0.15, -0.1) is 11.3 Å². The lowest BCUT2D eigenvalue weighted by molar-refractivity contribution is 0.185. The Bertz CT molecular complexity index is 1130. The van der Waals surface area contributed by atoms with Crippen LogP contribution in [-0.4, -0.2) is 23.3 Å². The Morgan fingerprint density at radius 1 is 1.00 bits per heavy atom. The van der Waals surface area contributed by atoms with Crippen molar-refractivity contribution in [2.45, 2.75) is 13.5 Å². The largest absolute Gasteiger partial charge is 0.383 e. The first-order valence-electron chi connectivity index (χ1n) is 8.82. The van der Waals surface area contributed by atoms with E-state index >= 15 is 0 Å². The average Bonchev–Trinajstić information content (AvgIpc) is 3.12. The molecule has 0 saturated carbocycles. The molecule has 2 aromatic heterocycles. The molecule has 0 fully saturated rings. The number of thiophene rings is 1. The molecule has 136 valence electrons. The molecule has 2 heterocycles. The van der Waals surface area contributed by atoms with Gasteiger partial charge in [-0.05, 0) is 23.6 Å². The summed E-state index contributed by atoms with van der Waals surface area (Å²) in [5, 5.41) is 2.71. The minimum atomic E-state index is -0.00191. The van der Waals surface area contributed by atoms with Gasteiger partial charge < -0.3 is 4.74 Å². The van der Waals surface area contributed by atoms with E-state index < -0.39 is 0 Å². The van der Waals surface area contributed by atoms with Gasteiger partial charge in [0, 0.05) is 18.1 Å². The lowest BCUT2D eigenvalue weighted by atomic mass is 10.0. The molecule has 0 aliphatic carbocycles. The smallest absolute Gasteiger partial charge is 0.262 e. The van der Waals surface area contributed by atoms with E-state index in [-0.39, 0.29) is 5.56 Å². The van der Waals surface area contributed by atoms with Crippen LogP contribution in [0.3, 0.4) is 0 Å². The second kappa shape index (κ2) is 7.47. The summed E-state index contributed by atoms with van der Waals surface area (Å²) in [6, 6.07) is 18.6. The zero-order chi connectivity index (χ0) is 18.8. The molecule has 4 aromatic rings. The van der Waals surface area contributed by atoms with Crippen molar-refractivity contribution >= 4 is 21.6 Å². The molecule has 0 aliphatic heterocycles. The highest BCUT2D eigenvalue weighted by Gasteiger charge is 2.15. The number of aromatic nitrogens is 2. The molecule has 2 aromatic carbocycles. The van der Waals surface area contributed by atoms with Crippen LogP contribution in [0.5, 0.6) is 0 Å². The maximum atomic E-state index is 13.1. The molecule has 0 amide bonds. The van der Waals surface area contributed by atoms with Crippen LogP contribution >= 0.6 is 11.3 Å². The topological polar surface area (TPSA) is 44.1 Å². The summed E-state index contributed by atoms with van der Waals surface area (Å²) in [6.45, 7) is 2.86. The van der Waals surface area contributed by atoms with Crippen LogP contribution in [-0.2, 0) is 11.3 Å². The van der Waals surface area contributed by atoms with Crippen molar-refractivity contribution in [3.05, 3.63) is 76.2 Å². The molecule has 0 N–H and O–H groups in total. The van der Waals surface area contributed by atoms with Crippen LogP contribution in [0, 0.1) is 6.92 Å². The number of methoxy groups -OCH3 is 1. The van der Waals surface area contributed by atoms with E-state index in [1.807, 2.05) is 30.5 Å². The third-order valence-corrected chi connectivity index (χ3v) is 5.58.